The number of benzene rings is 4. The Morgan fingerprint density at radius 2 is 1.52 bits per heavy atom. The van der Waals surface area contributed by atoms with Gasteiger partial charge in [-0.1, -0.05) is 87.0 Å². The Morgan fingerprint density at radius 3 is 2.10 bits per heavy atom. The summed E-state index contributed by atoms with van der Waals surface area (Å²) in [6.45, 7) is 8.83. The Balaban J connectivity index is 1.33. The molecule has 1 atom stereocenters. The van der Waals surface area contributed by atoms with Gasteiger partial charge in [-0.25, -0.2) is 0 Å². The summed E-state index contributed by atoms with van der Waals surface area (Å²) in [4.78, 5) is 26.5. The molecular formula is C41H47ClN2O5S. The number of aryl methyl sites for hydroxylation is 1. The highest BCUT2D eigenvalue weighted by atomic mass is 35.5. The summed E-state index contributed by atoms with van der Waals surface area (Å²) in [5.74, 6) is -0.370. The van der Waals surface area contributed by atoms with Crippen LogP contribution in [-0.4, -0.2) is 37.1 Å². The van der Waals surface area contributed by atoms with Gasteiger partial charge in [0.2, 0.25) is 5.91 Å². The van der Waals surface area contributed by atoms with Crippen molar-refractivity contribution in [2.45, 2.75) is 71.6 Å². The Labute approximate surface area is 301 Å². The minimum atomic E-state index is -4.17. The molecule has 4 aromatic rings. The average Bonchev–Trinajstić information content (AvgIpc) is 3.07. The van der Waals surface area contributed by atoms with Crippen LogP contribution in [0.2, 0.25) is 5.02 Å². The molecule has 0 unspecified atom stereocenters. The first-order chi connectivity index (χ1) is 23.7. The smallest absolute Gasteiger partial charge is 0.266 e. The number of carbonyl (C=O) groups is 2. The number of halogens is 1. The van der Waals surface area contributed by atoms with E-state index in [9.17, 15) is 18.0 Å². The molecule has 50 heavy (non-hydrogen) atoms. The number of anilines is 1. The molecule has 9 heteroatoms. The maximum absolute atomic E-state index is 14.0. The zero-order chi connectivity index (χ0) is 36.1. The lowest BCUT2D eigenvalue weighted by Crippen LogP contribution is -2.28. The van der Waals surface area contributed by atoms with Gasteiger partial charge in [-0.15, -0.1) is 0 Å². The molecule has 3 N–H and O–H groups in total. The summed E-state index contributed by atoms with van der Waals surface area (Å²) in [6.07, 6.45) is 5.21. The van der Waals surface area contributed by atoms with E-state index in [1.165, 1.54) is 31.2 Å². The van der Waals surface area contributed by atoms with Crippen molar-refractivity contribution in [2.24, 2.45) is 11.3 Å². The fourth-order valence-corrected chi connectivity index (χ4v) is 7.58. The van der Waals surface area contributed by atoms with E-state index < -0.39 is 27.7 Å². The largest absolute Gasteiger partial charge is 0.351 e. The summed E-state index contributed by atoms with van der Waals surface area (Å²) >= 11 is 6.16. The first-order valence-electron chi connectivity index (χ1n) is 17.3. The van der Waals surface area contributed by atoms with Crippen LogP contribution in [0.1, 0.15) is 90.9 Å². The monoisotopic (exact) mass is 714 g/mol. The zero-order valence-electron chi connectivity index (χ0n) is 29.2. The van der Waals surface area contributed by atoms with Gasteiger partial charge in [0.1, 0.15) is 0 Å². The van der Waals surface area contributed by atoms with Gasteiger partial charge in [0.05, 0.1) is 11.7 Å². The van der Waals surface area contributed by atoms with E-state index in [0.717, 1.165) is 33.7 Å². The van der Waals surface area contributed by atoms with Gasteiger partial charge < -0.3 is 10.6 Å². The second-order valence-corrected chi connectivity index (χ2v) is 16.6. The molecule has 4 aromatic carbocycles. The molecule has 0 radical (unpaired) electrons. The fourth-order valence-electron chi connectivity index (χ4n) is 6.99. The molecule has 2 amide bonds. The van der Waals surface area contributed by atoms with Crippen molar-refractivity contribution in [2.75, 3.05) is 17.6 Å². The molecule has 0 aliphatic heterocycles. The maximum Gasteiger partial charge on any atom is 0.266 e. The second-order valence-electron chi connectivity index (χ2n) is 14.6. The van der Waals surface area contributed by atoms with E-state index in [4.69, 9.17) is 16.2 Å². The number of hydrogen-bond acceptors (Lipinski definition) is 4. The third-order valence-electron chi connectivity index (χ3n) is 10.0. The third kappa shape index (κ3) is 10.1. The molecule has 0 bridgehead atoms. The van der Waals surface area contributed by atoms with Gasteiger partial charge in [-0.3, -0.25) is 14.1 Å². The van der Waals surface area contributed by atoms with E-state index in [0.29, 0.717) is 34.0 Å². The topological polar surface area (TPSA) is 113 Å². The fraction of sp³-hybridized carbons (Fsp3) is 0.366. The van der Waals surface area contributed by atoms with Gasteiger partial charge in [-0.2, -0.15) is 8.42 Å². The molecule has 5 rings (SSSR count). The van der Waals surface area contributed by atoms with Gasteiger partial charge >= 0.3 is 0 Å². The standard InChI is InChI=1S/C41H47ClN2O5S/c1-27-25-35(42)19-22-37(27)31-15-20-36(21-16-31)44-40(46)38(26-28-5-7-33(8-6-28)39(45)43-23-24-50(47,48)49)32-11-9-29(10-12-32)30-13-17-34(18-14-30)41(2,3)4/h5-12,15-16,19-22,25,30,34,38H,13-14,17-18,23-24,26H2,1-4H3,(H,43,45)(H,44,46)(H,47,48,49)/t30?,34?,38-/m1/s1. The van der Waals surface area contributed by atoms with E-state index in [2.05, 4.69) is 55.7 Å². The van der Waals surface area contributed by atoms with Crippen molar-refractivity contribution in [3.63, 3.8) is 0 Å². The van der Waals surface area contributed by atoms with Crippen LogP contribution in [0.5, 0.6) is 0 Å². The van der Waals surface area contributed by atoms with Gasteiger partial charge in [0.15, 0.2) is 0 Å². The molecule has 264 valence electrons. The van der Waals surface area contributed by atoms with Crippen molar-refractivity contribution in [1.29, 1.82) is 0 Å². The molecular weight excluding hydrogens is 668 g/mol. The van der Waals surface area contributed by atoms with Crippen molar-refractivity contribution in [3.8, 4) is 11.1 Å². The van der Waals surface area contributed by atoms with Crippen molar-refractivity contribution >= 4 is 39.2 Å². The van der Waals surface area contributed by atoms with Gasteiger partial charge in [0, 0.05) is 22.8 Å². The molecule has 0 saturated heterocycles. The van der Waals surface area contributed by atoms with Crippen molar-refractivity contribution in [1.82, 2.24) is 5.32 Å². The van der Waals surface area contributed by atoms with Crippen LogP contribution in [0.15, 0.2) is 91.0 Å². The van der Waals surface area contributed by atoms with E-state index in [1.807, 2.05) is 61.5 Å². The molecule has 1 fully saturated rings. The lowest BCUT2D eigenvalue weighted by atomic mass is 9.68. The number of carbonyl (C=O) groups excluding carboxylic acids is 2. The second kappa shape index (κ2) is 15.9. The Kier molecular flexibility index (Phi) is 11.9. The normalized spacial score (nSPS) is 17.2. The summed E-state index contributed by atoms with van der Waals surface area (Å²) < 4.78 is 30.9. The summed E-state index contributed by atoms with van der Waals surface area (Å²) in [7, 11) is -4.17. The first kappa shape index (κ1) is 37.3. The Morgan fingerprint density at radius 1 is 0.880 bits per heavy atom. The molecule has 0 spiro atoms. The van der Waals surface area contributed by atoms with E-state index >= 15 is 0 Å². The first-order valence-corrected chi connectivity index (χ1v) is 19.2. The summed E-state index contributed by atoms with van der Waals surface area (Å²) in [6, 6.07) is 29.0. The van der Waals surface area contributed by atoms with Crippen molar-refractivity contribution in [3.05, 3.63) is 124 Å². The van der Waals surface area contributed by atoms with Crippen LogP contribution in [0, 0.1) is 18.3 Å². The highest BCUT2D eigenvalue weighted by Gasteiger charge is 2.30. The Bertz CT molecular complexity index is 1890. The number of hydrogen-bond donors (Lipinski definition) is 3. The quantitative estimate of drug-likeness (QED) is 0.134. The predicted molar refractivity (Wildman–Crippen MR) is 202 cm³/mol. The lowest BCUT2D eigenvalue weighted by molar-refractivity contribution is -0.117. The SMILES string of the molecule is Cc1cc(Cl)ccc1-c1ccc(NC(=O)[C@H](Cc2ccc(C(=O)NCCS(=O)(=O)O)cc2)c2ccc(C3CCC(C(C)(C)C)CC3)cc2)cc1. The van der Waals surface area contributed by atoms with Gasteiger partial charge in [0.25, 0.3) is 16.0 Å². The molecule has 1 aliphatic carbocycles. The van der Waals surface area contributed by atoms with Crippen LogP contribution in [0.4, 0.5) is 5.69 Å². The third-order valence-corrected chi connectivity index (χ3v) is 11.0. The minimum absolute atomic E-state index is 0.133. The van der Waals surface area contributed by atoms with Crippen molar-refractivity contribution < 1.29 is 22.6 Å². The maximum atomic E-state index is 14.0. The van der Waals surface area contributed by atoms with Gasteiger partial charge in [-0.05, 0) is 126 Å². The number of amides is 2. The van der Waals surface area contributed by atoms with E-state index in [1.54, 1.807) is 12.1 Å². The highest BCUT2D eigenvalue weighted by Crippen LogP contribution is 2.43. The number of rotatable bonds is 11. The number of nitrogens with one attached hydrogen (secondary N) is 2. The lowest BCUT2D eigenvalue weighted by Gasteiger charge is -2.37. The van der Waals surface area contributed by atoms with Crippen LogP contribution >= 0.6 is 11.6 Å². The molecule has 1 aliphatic rings. The minimum Gasteiger partial charge on any atom is -0.351 e. The molecule has 1 saturated carbocycles. The van der Waals surface area contributed by atoms with Crippen LogP contribution in [-0.2, 0) is 21.3 Å². The van der Waals surface area contributed by atoms with Crippen LogP contribution < -0.4 is 10.6 Å². The predicted octanol–water partition coefficient (Wildman–Crippen LogP) is 9.22. The van der Waals surface area contributed by atoms with E-state index in [-0.39, 0.29) is 12.5 Å². The zero-order valence-corrected chi connectivity index (χ0v) is 30.8. The average molecular weight is 715 g/mol. The Hall–Kier alpha value is -3.98. The summed E-state index contributed by atoms with van der Waals surface area (Å²) in [5, 5.41) is 6.32. The molecule has 0 aromatic heterocycles. The van der Waals surface area contributed by atoms with Crippen LogP contribution in [0.25, 0.3) is 11.1 Å². The van der Waals surface area contributed by atoms with Crippen LogP contribution in [0.3, 0.4) is 0 Å². The molecule has 7 nitrogen and oxygen atoms in total. The summed E-state index contributed by atoms with van der Waals surface area (Å²) in [5.41, 5.74) is 7.66. The molecule has 0 heterocycles. The highest BCUT2D eigenvalue weighted by molar-refractivity contribution is 7.85.